The van der Waals surface area contributed by atoms with Crippen molar-refractivity contribution < 1.29 is 0 Å². The van der Waals surface area contributed by atoms with Crippen molar-refractivity contribution in [2.45, 2.75) is 6.42 Å². The summed E-state index contributed by atoms with van der Waals surface area (Å²) in [4.78, 5) is 4.05. The Morgan fingerprint density at radius 3 is 2.85 bits per heavy atom. The fourth-order valence-corrected chi connectivity index (χ4v) is 1.43. The molecule has 1 fully saturated rings. The van der Waals surface area contributed by atoms with Crippen LogP contribution in [0.1, 0.15) is 5.56 Å². The van der Waals surface area contributed by atoms with Crippen LogP contribution in [0, 0.1) is 5.92 Å². The van der Waals surface area contributed by atoms with Gasteiger partial charge in [-0.15, -0.1) is 12.4 Å². The van der Waals surface area contributed by atoms with E-state index in [0.717, 1.165) is 25.4 Å². The number of aromatic nitrogens is 1. The van der Waals surface area contributed by atoms with E-state index in [9.17, 15) is 0 Å². The molecule has 1 aromatic heterocycles. The molecule has 72 valence electrons. The average molecular weight is 200 g/mol. The Balaban J connectivity index is 0.000000845. The predicted octanol–water partition coefficient (Wildman–Crippen LogP) is 0.847. The zero-order chi connectivity index (χ0) is 8.39. The van der Waals surface area contributed by atoms with E-state index in [1.165, 1.54) is 5.56 Å². The Kier molecular flexibility index (Phi) is 3.51. The molecule has 2 heterocycles. The molecule has 1 saturated heterocycles. The highest BCUT2D eigenvalue weighted by Crippen LogP contribution is 2.15. The summed E-state index contributed by atoms with van der Waals surface area (Å²) in [7, 11) is 0. The molecule has 4 heteroatoms. The molecule has 0 atom stereocenters. The number of nitrogens with two attached hydrogens (primary N) is 1. The SMILES string of the molecule is Cl.Nc1ncccc1CC1CNC1. The van der Waals surface area contributed by atoms with Gasteiger partial charge in [0.05, 0.1) is 0 Å². The normalized spacial score (nSPS) is 16.0. The number of nitrogens with one attached hydrogen (secondary N) is 1. The first-order valence-corrected chi connectivity index (χ1v) is 4.26. The first-order valence-electron chi connectivity index (χ1n) is 4.26. The maximum Gasteiger partial charge on any atom is 0.126 e. The molecule has 2 rings (SSSR count). The van der Waals surface area contributed by atoms with Gasteiger partial charge in [-0.2, -0.15) is 0 Å². The fourth-order valence-electron chi connectivity index (χ4n) is 1.43. The summed E-state index contributed by atoms with van der Waals surface area (Å²) in [6.07, 6.45) is 2.80. The maximum absolute atomic E-state index is 5.72. The van der Waals surface area contributed by atoms with Gasteiger partial charge in [-0.05, 0) is 37.1 Å². The van der Waals surface area contributed by atoms with Crippen LogP contribution in [0.25, 0.3) is 0 Å². The molecule has 0 aromatic carbocycles. The lowest BCUT2D eigenvalue weighted by Gasteiger charge is -2.27. The molecule has 0 spiro atoms. The molecule has 0 amide bonds. The highest BCUT2D eigenvalue weighted by molar-refractivity contribution is 5.85. The Morgan fingerprint density at radius 1 is 1.54 bits per heavy atom. The van der Waals surface area contributed by atoms with E-state index in [2.05, 4.69) is 16.4 Å². The number of hydrogen-bond donors (Lipinski definition) is 2. The van der Waals surface area contributed by atoms with E-state index >= 15 is 0 Å². The second-order valence-electron chi connectivity index (χ2n) is 3.28. The van der Waals surface area contributed by atoms with Gasteiger partial charge in [0.2, 0.25) is 0 Å². The van der Waals surface area contributed by atoms with Crippen molar-refractivity contribution in [1.82, 2.24) is 10.3 Å². The Hall–Kier alpha value is -0.800. The third kappa shape index (κ3) is 2.32. The topological polar surface area (TPSA) is 50.9 Å². The molecule has 3 N–H and O–H groups in total. The van der Waals surface area contributed by atoms with Crippen LogP contribution in [0.3, 0.4) is 0 Å². The highest BCUT2D eigenvalue weighted by atomic mass is 35.5. The van der Waals surface area contributed by atoms with Gasteiger partial charge in [0.15, 0.2) is 0 Å². The van der Waals surface area contributed by atoms with Gasteiger partial charge in [0, 0.05) is 6.20 Å². The third-order valence-electron chi connectivity index (χ3n) is 2.30. The molecule has 0 unspecified atom stereocenters. The van der Waals surface area contributed by atoms with E-state index in [1.54, 1.807) is 6.20 Å². The van der Waals surface area contributed by atoms with E-state index in [4.69, 9.17) is 5.73 Å². The first kappa shape index (κ1) is 10.3. The number of hydrogen-bond acceptors (Lipinski definition) is 3. The first-order chi connectivity index (χ1) is 5.86. The van der Waals surface area contributed by atoms with Gasteiger partial charge in [0.25, 0.3) is 0 Å². The number of nitrogens with zero attached hydrogens (tertiary/aromatic N) is 1. The minimum absolute atomic E-state index is 0. The lowest BCUT2D eigenvalue weighted by atomic mass is 9.95. The molecule has 1 aromatic rings. The van der Waals surface area contributed by atoms with Crippen molar-refractivity contribution in [3.63, 3.8) is 0 Å². The zero-order valence-electron chi connectivity index (χ0n) is 7.36. The van der Waals surface area contributed by atoms with E-state index in [1.807, 2.05) is 6.07 Å². The monoisotopic (exact) mass is 199 g/mol. The molecule has 0 radical (unpaired) electrons. The van der Waals surface area contributed by atoms with Crippen molar-refractivity contribution in [1.29, 1.82) is 0 Å². The van der Waals surface area contributed by atoms with E-state index < -0.39 is 0 Å². The Bertz CT molecular complexity index is 273. The summed E-state index contributed by atoms with van der Waals surface area (Å²) in [5.41, 5.74) is 6.90. The minimum Gasteiger partial charge on any atom is -0.383 e. The number of halogens is 1. The van der Waals surface area contributed by atoms with Crippen LogP contribution in [0.15, 0.2) is 18.3 Å². The van der Waals surface area contributed by atoms with Gasteiger partial charge >= 0.3 is 0 Å². The van der Waals surface area contributed by atoms with Gasteiger partial charge in [-0.1, -0.05) is 6.07 Å². The smallest absolute Gasteiger partial charge is 0.126 e. The maximum atomic E-state index is 5.72. The molecule has 3 nitrogen and oxygen atoms in total. The quantitative estimate of drug-likeness (QED) is 0.743. The van der Waals surface area contributed by atoms with Gasteiger partial charge in [-0.3, -0.25) is 0 Å². The number of rotatable bonds is 2. The molecule has 0 bridgehead atoms. The summed E-state index contributed by atoms with van der Waals surface area (Å²) in [5.74, 6) is 1.45. The van der Waals surface area contributed by atoms with Gasteiger partial charge in [0.1, 0.15) is 5.82 Å². The lowest BCUT2D eigenvalue weighted by molar-refractivity contribution is 0.347. The zero-order valence-corrected chi connectivity index (χ0v) is 8.18. The van der Waals surface area contributed by atoms with Crippen molar-refractivity contribution in [2.24, 2.45) is 5.92 Å². The third-order valence-corrected chi connectivity index (χ3v) is 2.30. The van der Waals surface area contributed by atoms with E-state index in [0.29, 0.717) is 5.82 Å². The van der Waals surface area contributed by atoms with Crippen molar-refractivity contribution in [3.8, 4) is 0 Å². The van der Waals surface area contributed by atoms with E-state index in [-0.39, 0.29) is 12.4 Å². The highest BCUT2D eigenvalue weighted by Gasteiger charge is 2.17. The van der Waals surface area contributed by atoms with Crippen LogP contribution in [-0.2, 0) is 6.42 Å². The fraction of sp³-hybridized carbons (Fsp3) is 0.444. The Morgan fingerprint density at radius 2 is 2.31 bits per heavy atom. The molecule has 0 aliphatic carbocycles. The van der Waals surface area contributed by atoms with Crippen LogP contribution in [0.4, 0.5) is 5.82 Å². The molecular weight excluding hydrogens is 186 g/mol. The molecule has 1 aliphatic rings. The largest absolute Gasteiger partial charge is 0.383 e. The minimum atomic E-state index is 0. The summed E-state index contributed by atoms with van der Waals surface area (Å²) in [6, 6.07) is 4.00. The van der Waals surface area contributed by atoms with Crippen molar-refractivity contribution in [3.05, 3.63) is 23.9 Å². The second-order valence-corrected chi connectivity index (χ2v) is 3.28. The summed E-state index contributed by atoms with van der Waals surface area (Å²) in [6.45, 7) is 2.24. The Labute approximate surface area is 84.1 Å². The standard InChI is InChI=1S/C9H13N3.ClH/c10-9-8(2-1-3-12-9)4-7-5-11-6-7;/h1-3,7,11H,4-6H2,(H2,10,12);1H. The van der Waals surface area contributed by atoms with Crippen LogP contribution in [0.5, 0.6) is 0 Å². The molecule has 0 saturated carbocycles. The number of nitrogen functional groups attached to an aromatic ring is 1. The van der Waals surface area contributed by atoms with Crippen LogP contribution in [-0.4, -0.2) is 18.1 Å². The average Bonchev–Trinajstić information content (AvgIpc) is 2.00. The summed E-state index contributed by atoms with van der Waals surface area (Å²) in [5, 5.41) is 3.24. The van der Waals surface area contributed by atoms with Crippen molar-refractivity contribution in [2.75, 3.05) is 18.8 Å². The molecule has 13 heavy (non-hydrogen) atoms. The van der Waals surface area contributed by atoms with Crippen molar-refractivity contribution >= 4 is 18.2 Å². The summed E-state index contributed by atoms with van der Waals surface area (Å²) < 4.78 is 0. The number of pyridine rings is 1. The predicted molar refractivity (Wildman–Crippen MR) is 56.0 cm³/mol. The summed E-state index contributed by atoms with van der Waals surface area (Å²) >= 11 is 0. The molecule has 1 aliphatic heterocycles. The van der Waals surface area contributed by atoms with Crippen LogP contribution >= 0.6 is 12.4 Å². The lowest BCUT2D eigenvalue weighted by Crippen LogP contribution is -2.43. The molecular formula is C9H14ClN3. The van der Waals surface area contributed by atoms with Crippen LogP contribution in [0.2, 0.25) is 0 Å². The van der Waals surface area contributed by atoms with Crippen LogP contribution < -0.4 is 11.1 Å². The number of anilines is 1. The second kappa shape index (κ2) is 4.44. The van der Waals surface area contributed by atoms with Gasteiger partial charge < -0.3 is 11.1 Å². The van der Waals surface area contributed by atoms with Gasteiger partial charge in [-0.25, -0.2) is 4.98 Å².